The standard InChI is InChI=1S/C33H34F6N2O5/c34-32(35,36)25-18-22(19-26(20-25)33(37,38)39)17-24-11-10-23-16-21(8-12-27(23)31(24)44)9-13-28(42)40-14-4-1-2-6-29(43)41-46-30-7-3-5-15-45-30/h8-9,12-13,16-20,30H,1-7,10-11,14-15H2,(H,40,42)(H,41,43)/b13-9+,24-17+. The van der Waals surface area contributed by atoms with Crippen LogP contribution in [0.1, 0.15) is 89.5 Å². The fourth-order valence-electron chi connectivity index (χ4n) is 5.12. The molecule has 1 saturated heterocycles. The third kappa shape index (κ3) is 10.3. The van der Waals surface area contributed by atoms with Gasteiger partial charge in [-0.25, -0.2) is 10.3 Å². The molecule has 46 heavy (non-hydrogen) atoms. The first-order valence-corrected chi connectivity index (χ1v) is 15.0. The van der Waals surface area contributed by atoms with Crippen LogP contribution in [0, 0.1) is 0 Å². The van der Waals surface area contributed by atoms with Crippen molar-refractivity contribution in [1.29, 1.82) is 0 Å². The Kier molecular flexibility index (Phi) is 11.8. The third-order valence-electron chi connectivity index (χ3n) is 7.53. The zero-order valence-corrected chi connectivity index (χ0v) is 24.9. The summed E-state index contributed by atoms with van der Waals surface area (Å²) in [4.78, 5) is 42.4. The number of hydrogen-bond acceptors (Lipinski definition) is 5. The van der Waals surface area contributed by atoms with Gasteiger partial charge in [0.15, 0.2) is 12.1 Å². The molecule has 2 aromatic rings. The number of hydrogen-bond donors (Lipinski definition) is 2. The molecule has 7 nitrogen and oxygen atoms in total. The highest BCUT2D eigenvalue weighted by molar-refractivity contribution is 6.13. The van der Waals surface area contributed by atoms with Crippen LogP contribution in [0.3, 0.4) is 0 Å². The molecule has 1 heterocycles. The fraction of sp³-hybridized carbons (Fsp3) is 0.424. The van der Waals surface area contributed by atoms with Crippen molar-refractivity contribution in [3.05, 3.63) is 81.4 Å². The second-order valence-electron chi connectivity index (χ2n) is 11.1. The number of ether oxygens (including phenoxy) is 1. The first-order valence-electron chi connectivity index (χ1n) is 15.0. The number of nitrogens with one attached hydrogen (secondary N) is 2. The van der Waals surface area contributed by atoms with Crippen molar-refractivity contribution in [2.75, 3.05) is 13.2 Å². The largest absolute Gasteiger partial charge is 0.416 e. The van der Waals surface area contributed by atoms with E-state index in [4.69, 9.17) is 9.57 Å². The normalized spacial score (nSPS) is 18.1. The molecule has 0 saturated carbocycles. The van der Waals surface area contributed by atoms with E-state index in [-0.39, 0.29) is 35.4 Å². The number of fused-ring (bicyclic) bond motifs is 1. The minimum Gasteiger partial charge on any atom is -0.353 e. The molecule has 0 radical (unpaired) electrons. The van der Waals surface area contributed by atoms with E-state index in [9.17, 15) is 40.7 Å². The minimum absolute atomic E-state index is 0.0456. The molecule has 13 heteroatoms. The van der Waals surface area contributed by atoms with Crippen molar-refractivity contribution in [1.82, 2.24) is 10.8 Å². The van der Waals surface area contributed by atoms with E-state index >= 15 is 0 Å². The van der Waals surface area contributed by atoms with Gasteiger partial charge in [0, 0.05) is 43.2 Å². The van der Waals surface area contributed by atoms with Crippen LogP contribution in [-0.4, -0.2) is 37.0 Å². The zero-order chi connectivity index (χ0) is 33.3. The molecule has 1 aliphatic heterocycles. The molecule has 0 bridgehead atoms. The summed E-state index contributed by atoms with van der Waals surface area (Å²) < 4.78 is 84.8. The lowest BCUT2D eigenvalue weighted by molar-refractivity contribution is -0.200. The monoisotopic (exact) mass is 652 g/mol. The number of amides is 2. The second-order valence-corrected chi connectivity index (χ2v) is 11.1. The molecular weight excluding hydrogens is 618 g/mol. The van der Waals surface area contributed by atoms with Gasteiger partial charge in [-0.2, -0.15) is 26.3 Å². The number of carbonyl (C=O) groups excluding carboxylic acids is 3. The molecule has 2 amide bonds. The van der Waals surface area contributed by atoms with Gasteiger partial charge in [0.05, 0.1) is 11.1 Å². The van der Waals surface area contributed by atoms with Gasteiger partial charge >= 0.3 is 12.4 Å². The first kappa shape index (κ1) is 34.9. The van der Waals surface area contributed by atoms with E-state index in [1.807, 2.05) is 0 Å². The predicted octanol–water partition coefficient (Wildman–Crippen LogP) is 7.20. The smallest absolute Gasteiger partial charge is 0.353 e. The van der Waals surface area contributed by atoms with Crippen molar-refractivity contribution in [2.24, 2.45) is 0 Å². The summed E-state index contributed by atoms with van der Waals surface area (Å²) in [5.41, 5.74) is 0.850. The molecule has 248 valence electrons. The Balaban J connectivity index is 1.25. The van der Waals surface area contributed by atoms with Crippen molar-refractivity contribution >= 4 is 29.7 Å². The van der Waals surface area contributed by atoms with Crippen LogP contribution in [0.2, 0.25) is 0 Å². The van der Waals surface area contributed by atoms with E-state index in [2.05, 4.69) is 10.8 Å². The molecule has 1 fully saturated rings. The van der Waals surface area contributed by atoms with Gasteiger partial charge in [-0.3, -0.25) is 14.4 Å². The van der Waals surface area contributed by atoms with Crippen LogP contribution in [0.5, 0.6) is 0 Å². The summed E-state index contributed by atoms with van der Waals surface area (Å²) in [5.74, 6) is -1.03. The number of Topliss-reactive ketones (excluding diaryl/α,β-unsaturated/α-hetero) is 1. The van der Waals surface area contributed by atoms with E-state index < -0.39 is 35.6 Å². The van der Waals surface area contributed by atoms with Crippen LogP contribution < -0.4 is 10.8 Å². The van der Waals surface area contributed by atoms with Gasteiger partial charge in [0.2, 0.25) is 11.8 Å². The average molecular weight is 653 g/mol. The molecule has 2 N–H and O–H groups in total. The number of halogens is 6. The van der Waals surface area contributed by atoms with Crippen molar-refractivity contribution in [3.63, 3.8) is 0 Å². The molecule has 2 aromatic carbocycles. The topological polar surface area (TPSA) is 93.7 Å². The molecular formula is C33H34F6N2O5. The van der Waals surface area contributed by atoms with E-state index in [1.165, 1.54) is 12.1 Å². The number of hydroxylamine groups is 1. The maximum atomic E-state index is 13.2. The number of benzene rings is 2. The number of carbonyl (C=O) groups is 3. The highest BCUT2D eigenvalue weighted by Crippen LogP contribution is 2.37. The van der Waals surface area contributed by atoms with Crippen molar-refractivity contribution in [3.8, 4) is 0 Å². The Labute approximate surface area is 262 Å². The summed E-state index contributed by atoms with van der Waals surface area (Å²) in [6.07, 6.45) is -0.865. The number of alkyl halides is 6. The van der Waals surface area contributed by atoms with Crippen molar-refractivity contribution in [2.45, 2.75) is 76.4 Å². The fourth-order valence-corrected chi connectivity index (χ4v) is 5.12. The summed E-state index contributed by atoms with van der Waals surface area (Å²) in [7, 11) is 0. The number of allylic oxidation sites excluding steroid dienone is 1. The SMILES string of the molecule is O=C(/C=C/c1ccc2c(c1)CC/C(=C\c1cc(C(F)(F)F)cc(C(F)(F)F)c1)C2=O)NCCCCCC(=O)NOC1CCCCO1. The number of unbranched alkanes of at least 4 members (excludes halogenated alkanes) is 2. The zero-order valence-electron chi connectivity index (χ0n) is 24.9. The molecule has 0 aromatic heterocycles. The van der Waals surface area contributed by atoms with Crippen LogP contribution >= 0.6 is 0 Å². The van der Waals surface area contributed by atoms with E-state index in [0.717, 1.165) is 31.8 Å². The highest BCUT2D eigenvalue weighted by atomic mass is 19.4. The molecule has 1 unspecified atom stereocenters. The Morgan fingerprint density at radius 2 is 1.65 bits per heavy atom. The summed E-state index contributed by atoms with van der Waals surface area (Å²) in [6, 6.07) is 6.07. The van der Waals surface area contributed by atoms with Crippen LogP contribution in [0.4, 0.5) is 26.3 Å². The van der Waals surface area contributed by atoms with Crippen LogP contribution in [0.15, 0.2) is 48.0 Å². The highest BCUT2D eigenvalue weighted by Gasteiger charge is 2.37. The molecule has 1 aliphatic carbocycles. The first-order chi connectivity index (χ1) is 21.8. The van der Waals surface area contributed by atoms with Crippen LogP contribution in [-0.2, 0) is 37.9 Å². The lowest BCUT2D eigenvalue weighted by Gasteiger charge is -2.22. The minimum atomic E-state index is -4.99. The summed E-state index contributed by atoms with van der Waals surface area (Å²) in [6.45, 7) is 1.04. The lowest BCUT2D eigenvalue weighted by atomic mass is 9.85. The third-order valence-corrected chi connectivity index (χ3v) is 7.53. The summed E-state index contributed by atoms with van der Waals surface area (Å²) in [5, 5.41) is 2.76. The molecule has 1 atom stereocenters. The number of rotatable bonds is 11. The Morgan fingerprint density at radius 1 is 0.913 bits per heavy atom. The number of aryl methyl sites for hydroxylation is 1. The van der Waals surface area contributed by atoms with Crippen molar-refractivity contribution < 1.29 is 50.3 Å². The maximum absolute atomic E-state index is 13.2. The Morgan fingerprint density at radius 3 is 2.33 bits per heavy atom. The second kappa shape index (κ2) is 15.5. The van der Waals surface area contributed by atoms with Gasteiger partial charge in [-0.15, -0.1) is 0 Å². The van der Waals surface area contributed by atoms with Gasteiger partial charge in [-0.05, 0) is 85.6 Å². The van der Waals surface area contributed by atoms with Gasteiger partial charge in [0.1, 0.15) is 0 Å². The van der Waals surface area contributed by atoms with Gasteiger partial charge < -0.3 is 10.1 Å². The van der Waals surface area contributed by atoms with Gasteiger partial charge in [0.25, 0.3) is 0 Å². The molecule has 4 rings (SSSR count). The Bertz CT molecular complexity index is 1440. The van der Waals surface area contributed by atoms with E-state index in [1.54, 1.807) is 18.2 Å². The predicted molar refractivity (Wildman–Crippen MR) is 157 cm³/mol. The maximum Gasteiger partial charge on any atom is 0.416 e. The number of ketones is 1. The lowest BCUT2D eigenvalue weighted by Crippen LogP contribution is -2.33. The summed E-state index contributed by atoms with van der Waals surface area (Å²) >= 11 is 0. The molecule has 0 spiro atoms. The van der Waals surface area contributed by atoms with Gasteiger partial charge in [-0.1, -0.05) is 24.6 Å². The average Bonchev–Trinajstić information content (AvgIpc) is 3.01. The van der Waals surface area contributed by atoms with Crippen LogP contribution in [0.25, 0.3) is 12.2 Å². The Hall–Kier alpha value is -3.97. The van der Waals surface area contributed by atoms with E-state index in [0.29, 0.717) is 67.7 Å². The molecule has 2 aliphatic rings. The quantitative estimate of drug-likeness (QED) is 0.116.